The Kier molecular flexibility index (Phi) is 4.34. The number of carbonyl (C=O) groups is 2. The number of aromatic amines is 1. The molecule has 0 fully saturated rings. The molecule has 114 valence electrons. The highest BCUT2D eigenvalue weighted by molar-refractivity contribution is 6.13. The van der Waals surface area contributed by atoms with Gasteiger partial charge in [-0.2, -0.15) is 0 Å². The number of aromatic nitrogens is 1. The molecule has 22 heavy (non-hydrogen) atoms. The van der Waals surface area contributed by atoms with Crippen molar-refractivity contribution < 1.29 is 14.7 Å². The van der Waals surface area contributed by atoms with Gasteiger partial charge < -0.3 is 21.6 Å². The number of primary amides is 2. The average Bonchev–Trinajstić information content (AvgIpc) is 2.80. The molecular formula is C15H16N4O3. The maximum absolute atomic E-state index is 11.6. The lowest BCUT2D eigenvalue weighted by Crippen LogP contribution is -2.22. The molecule has 1 aromatic heterocycles. The first-order valence-electron chi connectivity index (χ1n) is 6.64. The van der Waals surface area contributed by atoms with Crippen molar-refractivity contribution in [2.75, 3.05) is 5.32 Å². The van der Waals surface area contributed by atoms with Crippen molar-refractivity contribution in [2.45, 2.75) is 19.4 Å². The van der Waals surface area contributed by atoms with Gasteiger partial charge >= 0.3 is 6.03 Å². The molecule has 0 saturated heterocycles. The quantitative estimate of drug-likeness (QED) is 0.538. The zero-order valence-electron chi connectivity index (χ0n) is 11.9. The molecule has 7 N–H and O–H groups in total. The first kappa shape index (κ1) is 15.4. The van der Waals surface area contributed by atoms with E-state index in [-0.39, 0.29) is 11.4 Å². The molecule has 1 unspecified atom stereocenters. The lowest BCUT2D eigenvalue weighted by molar-refractivity contribution is 0.100. The number of anilines is 1. The van der Waals surface area contributed by atoms with Gasteiger partial charge in [0, 0.05) is 16.5 Å². The number of benzene rings is 1. The van der Waals surface area contributed by atoms with E-state index in [4.69, 9.17) is 11.5 Å². The summed E-state index contributed by atoms with van der Waals surface area (Å²) in [5, 5.41) is 12.3. The Morgan fingerprint density at radius 3 is 2.73 bits per heavy atom. The molecular weight excluding hydrogens is 284 g/mol. The van der Waals surface area contributed by atoms with E-state index in [1.165, 1.54) is 0 Å². The summed E-state index contributed by atoms with van der Waals surface area (Å²) in [5.41, 5.74) is 11.8. The number of hydrogen-bond donors (Lipinski definition) is 5. The zero-order chi connectivity index (χ0) is 16.3. The molecule has 1 aromatic carbocycles. The molecule has 1 heterocycles. The van der Waals surface area contributed by atoms with Crippen LogP contribution in [-0.4, -0.2) is 28.1 Å². The summed E-state index contributed by atoms with van der Waals surface area (Å²) in [7, 11) is 0. The minimum Gasteiger partial charge on any atom is -0.380 e. The van der Waals surface area contributed by atoms with Crippen LogP contribution >= 0.6 is 0 Å². The summed E-state index contributed by atoms with van der Waals surface area (Å²) in [6.45, 7) is 1.83. The van der Waals surface area contributed by atoms with Crippen LogP contribution in [0.1, 0.15) is 29.3 Å². The average molecular weight is 300 g/mol. The molecule has 0 spiro atoms. The van der Waals surface area contributed by atoms with Crippen molar-refractivity contribution in [1.29, 1.82) is 0 Å². The standard InChI is InChI=1S/C15H16N4O3/c1-2-9(20)5-3-8-4-6-10-11(7-8)18-14(19-15(17)22)12(10)13(16)21/h4,6-7,9,18,20H,2H2,1H3,(H2,16,21)(H3,17,19,22). The molecule has 1 atom stereocenters. The minimum absolute atomic E-state index is 0.147. The van der Waals surface area contributed by atoms with Crippen LogP contribution in [0, 0.1) is 11.8 Å². The van der Waals surface area contributed by atoms with Crippen molar-refractivity contribution in [2.24, 2.45) is 11.5 Å². The molecule has 0 aliphatic heterocycles. The first-order chi connectivity index (χ1) is 10.4. The molecule has 0 aliphatic carbocycles. The third-order valence-electron chi connectivity index (χ3n) is 3.06. The van der Waals surface area contributed by atoms with Crippen LogP contribution in [0.3, 0.4) is 0 Å². The van der Waals surface area contributed by atoms with Gasteiger partial charge in [-0.1, -0.05) is 24.8 Å². The highest BCUT2D eigenvalue weighted by Gasteiger charge is 2.17. The molecule has 0 radical (unpaired) electrons. The van der Waals surface area contributed by atoms with Gasteiger partial charge in [-0.25, -0.2) is 4.79 Å². The molecule has 2 aromatic rings. The van der Waals surface area contributed by atoms with Crippen LogP contribution in [0.25, 0.3) is 10.9 Å². The Morgan fingerprint density at radius 1 is 1.41 bits per heavy atom. The lowest BCUT2D eigenvalue weighted by atomic mass is 10.1. The number of hydrogen-bond acceptors (Lipinski definition) is 3. The number of nitrogens with one attached hydrogen (secondary N) is 2. The second-order valence-electron chi connectivity index (χ2n) is 4.68. The molecule has 0 bridgehead atoms. The van der Waals surface area contributed by atoms with Gasteiger partial charge in [0.15, 0.2) is 0 Å². The van der Waals surface area contributed by atoms with E-state index >= 15 is 0 Å². The van der Waals surface area contributed by atoms with Gasteiger partial charge in [-0.15, -0.1) is 0 Å². The third kappa shape index (κ3) is 3.19. The van der Waals surface area contributed by atoms with Gasteiger partial charge in [0.25, 0.3) is 5.91 Å². The minimum atomic E-state index is -0.805. The fourth-order valence-corrected chi connectivity index (χ4v) is 2.02. The molecule has 3 amide bonds. The van der Waals surface area contributed by atoms with Crippen molar-refractivity contribution in [1.82, 2.24) is 4.98 Å². The number of rotatable bonds is 3. The number of urea groups is 1. The highest BCUT2D eigenvalue weighted by atomic mass is 16.3. The monoisotopic (exact) mass is 300 g/mol. The fraction of sp³-hybridized carbons (Fsp3) is 0.200. The fourth-order valence-electron chi connectivity index (χ4n) is 2.02. The molecule has 7 heteroatoms. The van der Waals surface area contributed by atoms with Crippen molar-refractivity contribution in [3.8, 4) is 11.8 Å². The Hall–Kier alpha value is -2.98. The third-order valence-corrected chi connectivity index (χ3v) is 3.06. The summed E-state index contributed by atoms with van der Waals surface area (Å²) < 4.78 is 0. The van der Waals surface area contributed by atoms with Crippen LogP contribution in [0.2, 0.25) is 0 Å². The van der Waals surface area contributed by atoms with E-state index < -0.39 is 18.0 Å². The van der Waals surface area contributed by atoms with Crippen LogP contribution < -0.4 is 16.8 Å². The molecule has 7 nitrogen and oxygen atoms in total. The number of fused-ring (bicyclic) bond motifs is 1. The smallest absolute Gasteiger partial charge is 0.317 e. The van der Waals surface area contributed by atoms with E-state index in [9.17, 15) is 14.7 Å². The SMILES string of the molecule is CCC(O)C#Cc1ccc2c(C(N)=O)c(NC(N)=O)[nH]c2c1. The number of aliphatic hydroxyl groups is 1. The van der Waals surface area contributed by atoms with Gasteiger partial charge in [0.2, 0.25) is 0 Å². The van der Waals surface area contributed by atoms with Crippen molar-refractivity contribution in [3.05, 3.63) is 29.3 Å². The van der Waals surface area contributed by atoms with E-state index in [0.717, 1.165) is 0 Å². The number of carbonyl (C=O) groups excluding carboxylic acids is 2. The summed E-state index contributed by atoms with van der Waals surface area (Å²) in [6, 6.07) is 4.26. The number of nitrogens with two attached hydrogens (primary N) is 2. The number of H-pyrrole nitrogens is 1. The van der Waals surface area contributed by atoms with Crippen LogP contribution in [0.15, 0.2) is 18.2 Å². The Balaban J connectivity index is 2.51. The predicted octanol–water partition coefficient (Wildman–Crippen LogP) is 0.880. The molecule has 0 saturated carbocycles. The van der Waals surface area contributed by atoms with Crippen molar-refractivity contribution >= 4 is 28.7 Å². The lowest BCUT2D eigenvalue weighted by Gasteiger charge is -2.00. The first-order valence-corrected chi connectivity index (χ1v) is 6.64. The van der Waals surface area contributed by atoms with E-state index in [1.54, 1.807) is 18.2 Å². The van der Waals surface area contributed by atoms with Gasteiger partial charge in [0.1, 0.15) is 11.9 Å². The number of amides is 3. The normalized spacial score (nSPS) is 11.5. The Labute approximate surface area is 126 Å². The highest BCUT2D eigenvalue weighted by Crippen LogP contribution is 2.26. The Bertz CT molecular complexity index is 798. The summed E-state index contributed by atoms with van der Waals surface area (Å²) in [6.07, 6.45) is -0.149. The van der Waals surface area contributed by atoms with Gasteiger partial charge in [0.05, 0.1) is 5.56 Å². The van der Waals surface area contributed by atoms with E-state index in [2.05, 4.69) is 22.1 Å². The maximum Gasteiger partial charge on any atom is 0.317 e. The van der Waals surface area contributed by atoms with Gasteiger partial charge in [-0.05, 0) is 18.6 Å². The second-order valence-corrected chi connectivity index (χ2v) is 4.68. The molecule has 0 aliphatic rings. The van der Waals surface area contributed by atoms with Crippen LogP contribution in [-0.2, 0) is 0 Å². The van der Waals surface area contributed by atoms with Crippen LogP contribution in [0.5, 0.6) is 0 Å². The van der Waals surface area contributed by atoms with Crippen molar-refractivity contribution in [3.63, 3.8) is 0 Å². The molecule has 2 rings (SSSR count). The van der Waals surface area contributed by atoms with Crippen LogP contribution in [0.4, 0.5) is 10.6 Å². The summed E-state index contributed by atoms with van der Waals surface area (Å²) in [4.78, 5) is 25.4. The Morgan fingerprint density at radius 2 is 2.14 bits per heavy atom. The number of aliphatic hydroxyl groups excluding tert-OH is 1. The maximum atomic E-state index is 11.6. The summed E-state index contributed by atoms with van der Waals surface area (Å²) >= 11 is 0. The second kappa shape index (κ2) is 6.20. The van der Waals surface area contributed by atoms with E-state index in [1.807, 2.05) is 6.92 Å². The summed E-state index contributed by atoms with van der Waals surface area (Å²) in [5.74, 6) is 5.00. The zero-order valence-corrected chi connectivity index (χ0v) is 11.9. The topological polar surface area (TPSA) is 134 Å². The largest absolute Gasteiger partial charge is 0.380 e. The van der Waals surface area contributed by atoms with E-state index in [0.29, 0.717) is 22.9 Å². The predicted molar refractivity (Wildman–Crippen MR) is 83.2 cm³/mol. The van der Waals surface area contributed by atoms with Gasteiger partial charge in [-0.3, -0.25) is 10.1 Å².